The Bertz CT molecular complexity index is 432. The maximum atomic E-state index is 12.3. The SMILES string of the molecule is N[C@H](c1ccccc1OC(F)(F)F)[C@@H](O)C1CCC1. The van der Waals surface area contributed by atoms with Gasteiger partial charge in [0.2, 0.25) is 0 Å². The predicted molar refractivity (Wildman–Crippen MR) is 63.4 cm³/mol. The molecule has 0 saturated heterocycles. The average Bonchev–Trinajstić information content (AvgIpc) is 2.24. The van der Waals surface area contributed by atoms with Crippen LogP contribution in [-0.2, 0) is 0 Å². The van der Waals surface area contributed by atoms with Crippen molar-refractivity contribution in [1.82, 2.24) is 0 Å². The first kappa shape index (κ1) is 14.1. The fourth-order valence-corrected chi connectivity index (χ4v) is 2.23. The Hall–Kier alpha value is -1.27. The monoisotopic (exact) mass is 275 g/mol. The van der Waals surface area contributed by atoms with Crippen molar-refractivity contribution in [3.8, 4) is 5.75 Å². The van der Waals surface area contributed by atoms with Crippen molar-refractivity contribution in [2.75, 3.05) is 0 Å². The van der Waals surface area contributed by atoms with E-state index in [4.69, 9.17) is 5.73 Å². The van der Waals surface area contributed by atoms with E-state index < -0.39 is 18.5 Å². The summed E-state index contributed by atoms with van der Waals surface area (Å²) in [4.78, 5) is 0. The van der Waals surface area contributed by atoms with Crippen LogP contribution in [0.2, 0.25) is 0 Å². The van der Waals surface area contributed by atoms with Crippen LogP contribution in [0.1, 0.15) is 30.9 Å². The minimum absolute atomic E-state index is 0.0638. The van der Waals surface area contributed by atoms with Crippen molar-refractivity contribution in [2.24, 2.45) is 11.7 Å². The molecule has 2 rings (SSSR count). The second-order valence-electron chi connectivity index (χ2n) is 4.79. The summed E-state index contributed by atoms with van der Waals surface area (Å²) in [5.41, 5.74) is 6.05. The third kappa shape index (κ3) is 3.39. The molecule has 0 heterocycles. The van der Waals surface area contributed by atoms with Crippen LogP contribution >= 0.6 is 0 Å². The van der Waals surface area contributed by atoms with Gasteiger partial charge in [-0.2, -0.15) is 0 Å². The van der Waals surface area contributed by atoms with E-state index in [0.29, 0.717) is 0 Å². The van der Waals surface area contributed by atoms with Gasteiger partial charge >= 0.3 is 6.36 Å². The van der Waals surface area contributed by atoms with Gasteiger partial charge in [0.1, 0.15) is 5.75 Å². The second-order valence-corrected chi connectivity index (χ2v) is 4.79. The van der Waals surface area contributed by atoms with Crippen molar-refractivity contribution >= 4 is 0 Å². The highest BCUT2D eigenvalue weighted by Crippen LogP contribution is 2.37. The predicted octanol–water partition coefficient (Wildman–Crippen LogP) is 2.75. The van der Waals surface area contributed by atoms with Gasteiger partial charge in [0.25, 0.3) is 0 Å². The number of aliphatic hydroxyl groups is 1. The Morgan fingerprint density at radius 3 is 2.42 bits per heavy atom. The van der Waals surface area contributed by atoms with Crippen LogP contribution in [0.3, 0.4) is 0 Å². The number of alkyl halides is 3. The molecule has 1 aromatic carbocycles. The van der Waals surface area contributed by atoms with Crippen molar-refractivity contribution < 1.29 is 23.0 Å². The molecule has 0 bridgehead atoms. The Labute approximate surface area is 109 Å². The lowest BCUT2D eigenvalue weighted by atomic mass is 9.77. The van der Waals surface area contributed by atoms with E-state index in [1.807, 2.05) is 0 Å². The molecule has 1 saturated carbocycles. The van der Waals surface area contributed by atoms with Crippen molar-refractivity contribution in [3.63, 3.8) is 0 Å². The van der Waals surface area contributed by atoms with E-state index >= 15 is 0 Å². The molecule has 1 fully saturated rings. The molecule has 2 atom stereocenters. The third-order valence-electron chi connectivity index (χ3n) is 3.50. The van der Waals surface area contributed by atoms with Gasteiger partial charge in [-0.3, -0.25) is 0 Å². The van der Waals surface area contributed by atoms with Gasteiger partial charge in [0, 0.05) is 5.56 Å². The van der Waals surface area contributed by atoms with E-state index in [-0.39, 0.29) is 17.2 Å². The molecule has 0 aliphatic heterocycles. The number of para-hydroxylation sites is 1. The van der Waals surface area contributed by atoms with Gasteiger partial charge in [-0.05, 0) is 24.8 Å². The van der Waals surface area contributed by atoms with Crippen LogP contribution in [0.25, 0.3) is 0 Å². The van der Waals surface area contributed by atoms with Crippen LogP contribution in [0.15, 0.2) is 24.3 Å². The van der Waals surface area contributed by atoms with E-state index in [0.717, 1.165) is 19.3 Å². The molecule has 0 spiro atoms. The Morgan fingerprint density at radius 2 is 1.89 bits per heavy atom. The van der Waals surface area contributed by atoms with Crippen LogP contribution in [-0.4, -0.2) is 17.6 Å². The van der Waals surface area contributed by atoms with E-state index in [1.54, 1.807) is 6.07 Å². The summed E-state index contributed by atoms with van der Waals surface area (Å²) in [5, 5.41) is 10.1. The molecule has 19 heavy (non-hydrogen) atoms. The fourth-order valence-electron chi connectivity index (χ4n) is 2.23. The third-order valence-corrected chi connectivity index (χ3v) is 3.50. The Morgan fingerprint density at radius 1 is 1.26 bits per heavy atom. The van der Waals surface area contributed by atoms with Crippen molar-refractivity contribution in [2.45, 2.75) is 37.8 Å². The smallest absolute Gasteiger partial charge is 0.405 e. The summed E-state index contributed by atoms with van der Waals surface area (Å²) >= 11 is 0. The lowest BCUT2D eigenvalue weighted by Gasteiger charge is -2.34. The summed E-state index contributed by atoms with van der Waals surface area (Å²) < 4.78 is 40.8. The number of halogens is 3. The molecular weight excluding hydrogens is 259 g/mol. The van der Waals surface area contributed by atoms with Gasteiger partial charge in [0.15, 0.2) is 0 Å². The van der Waals surface area contributed by atoms with Crippen molar-refractivity contribution in [1.29, 1.82) is 0 Å². The number of aliphatic hydroxyl groups excluding tert-OH is 1. The van der Waals surface area contributed by atoms with Crippen LogP contribution in [0, 0.1) is 5.92 Å². The first-order valence-electron chi connectivity index (χ1n) is 6.17. The van der Waals surface area contributed by atoms with Gasteiger partial charge in [-0.1, -0.05) is 24.6 Å². The lowest BCUT2D eigenvalue weighted by molar-refractivity contribution is -0.275. The average molecular weight is 275 g/mol. The van der Waals surface area contributed by atoms with E-state index in [2.05, 4.69) is 4.74 Å². The van der Waals surface area contributed by atoms with Gasteiger partial charge < -0.3 is 15.6 Å². The minimum Gasteiger partial charge on any atom is -0.405 e. The minimum atomic E-state index is -4.77. The largest absolute Gasteiger partial charge is 0.573 e. The molecule has 0 amide bonds. The first-order valence-corrected chi connectivity index (χ1v) is 6.17. The lowest BCUT2D eigenvalue weighted by Crippen LogP contribution is -2.36. The van der Waals surface area contributed by atoms with Crippen molar-refractivity contribution in [3.05, 3.63) is 29.8 Å². The first-order chi connectivity index (χ1) is 8.88. The maximum absolute atomic E-state index is 12.3. The molecule has 1 aliphatic carbocycles. The van der Waals surface area contributed by atoms with Crippen LogP contribution in [0.4, 0.5) is 13.2 Å². The summed E-state index contributed by atoms with van der Waals surface area (Å²) in [6.07, 6.45) is -2.87. The normalized spacial score (nSPS) is 19.6. The zero-order valence-electron chi connectivity index (χ0n) is 10.2. The number of hydrogen-bond acceptors (Lipinski definition) is 3. The van der Waals surface area contributed by atoms with E-state index in [9.17, 15) is 18.3 Å². The number of ether oxygens (including phenoxy) is 1. The maximum Gasteiger partial charge on any atom is 0.573 e. The van der Waals surface area contributed by atoms with Crippen LogP contribution < -0.4 is 10.5 Å². The molecule has 0 unspecified atom stereocenters. The molecule has 3 nitrogen and oxygen atoms in total. The quantitative estimate of drug-likeness (QED) is 0.888. The molecule has 1 aliphatic rings. The molecule has 3 N–H and O–H groups in total. The van der Waals surface area contributed by atoms with Gasteiger partial charge in [-0.15, -0.1) is 13.2 Å². The number of nitrogens with two attached hydrogens (primary N) is 1. The molecule has 6 heteroatoms. The highest BCUT2D eigenvalue weighted by molar-refractivity contribution is 5.36. The summed E-state index contributed by atoms with van der Waals surface area (Å²) in [6, 6.07) is 4.80. The molecule has 1 aromatic rings. The second kappa shape index (κ2) is 5.38. The number of benzene rings is 1. The zero-order chi connectivity index (χ0) is 14.0. The highest BCUT2D eigenvalue weighted by Gasteiger charge is 2.35. The summed E-state index contributed by atoms with van der Waals surface area (Å²) in [7, 11) is 0. The highest BCUT2D eigenvalue weighted by atomic mass is 19.4. The molecule has 0 aromatic heterocycles. The number of hydrogen-bond donors (Lipinski definition) is 2. The van der Waals surface area contributed by atoms with Gasteiger partial charge in [-0.25, -0.2) is 0 Å². The number of rotatable bonds is 4. The summed E-state index contributed by atoms with van der Waals surface area (Å²) in [5.74, 6) is -0.283. The Balaban J connectivity index is 2.18. The molecule has 106 valence electrons. The molecule has 0 radical (unpaired) electrons. The topological polar surface area (TPSA) is 55.5 Å². The van der Waals surface area contributed by atoms with E-state index in [1.165, 1.54) is 18.2 Å². The standard InChI is InChI=1S/C13H16F3NO2/c14-13(15,16)19-10-7-2-1-6-9(10)11(17)12(18)8-4-3-5-8/h1-2,6-8,11-12,18H,3-5,17H2/t11-,12+/m1/s1. The van der Waals surface area contributed by atoms with Crippen LogP contribution in [0.5, 0.6) is 5.75 Å². The zero-order valence-corrected chi connectivity index (χ0v) is 10.2. The fraction of sp³-hybridized carbons (Fsp3) is 0.538. The molecular formula is C13H16F3NO2. The Kier molecular flexibility index (Phi) is 4.01. The summed E-state index contributed by atoms with van der Waals surface area (Å²) in [6.45, 7) is 0. The van der Waals surface area contributed by atoms with Gasteiger partial charge in [0.05, 0.1) is 12.1 Å².